The molecule has 34 heavy (non-hydrogen) atoms. The highest BCUT2D eigenvalue weighted by molar-refractivity contribution is 5.39. The van der Waals surface area contributed by atoms with Gasteiger partial charge in [0.1, 0.15) is 11.2 Å². The van der Waals surface area contributed by atoms with Gasteiger partial charge in [-0.15, -0.1) is 0 Å². The molecule has 2 atom stereocenters. The van der Waals surface area contributed by atoms with E-state index >= 15 is 0 Å². The molecule has 4 nitrogen and oxygen atoms in total. The summed E-state index contributed by atoms with van der Waals surface area (Å²) >= 11 is 0. The van der Waals surface area contributed by atoms with E-state index in [0.29, 0.717) is 12.8 Å². The molecule has 0 amide bonds. The standard InChI is InChI=1S/C30H38O4/c1-23(2)31-33-29(5,21-25-15-9-7-10-16-25)27-19-13-14-20-28(27)30(6,34-32-24(3)4)22-26-17-11-8-12-18-26/h7-20,23-24H,21-22H2,1-6H3. The number of rotatable bonds is 12. The van der Waals surface area contributed by atoms with E-state index in [0.717, 1.165) is 22.3 Å². The van der Waals surface area contributed by atoms with Gasteiger partial charge in [-0.1, -0.05) is 84.9 Å². The summed E-state index contributed by atoms with van der Waals surface area (Å²) in [5, 5.41) is 0. The van der Waals surface area contributed by atoms with Crippen LogP contribution in [0.4, 0.5) is 0 Å². The minimum atomic E-state index is -0.749. The first kappa shape index (κ1) is 26.1. The first-order valence-corrected chi connectivity index (χ1v) is 12.1. The zero-order chi connectivity index (χ0) is 24.6. The van der Waals surface area contributed by atoms with E-state index in [4.69, 9.17) is 19.6 Å². The molecule has 0 aliphatic rings. The average molecular weight is 463 g/mol. The second-order valence-electron chi connectivity index (χ2n) is 9.79. The Kier molecular flexibility index (Phi) is 9.03. The van der Waals surface area contributed by atoms with Gasteiger partial charge in [0.15, 0.2) is 0 Å². The summed E-state index contributed by atoms with van der Waals surface area (Å²) in [6.45, 7) is 12.0. The van der Waals surface area contributed by atoms with Crippen LogP contribution < -0.4 is 0 Å². The summed E-state index contributed by atoms with van der Waals surface area (Å²) in [6.07, 6.45) is 1.14. The van der Waals surface area contributed by atoms with Crippen molar-refractivity contribution in [2.24, 2.45) is 0 Å². The lowest BCUT2D eigenvalue weighted by atomic mass is 9.79. The van der Waals surface area contributed by atoms with Crippen molar-refractivity contribution in [1.29, 1.82) is 0 Å². The van der Waals surface area contributed by atoms with Crippen LogP contribution in [0.2, 0.25) is 0 Å². The summed E-state index contributed by atoms with van der Waals surface area (Å²) in [4.78, 5) is 23.9. The molecule has 0 saturated carbocycles. The monoisotopic (exact) mass is 462 g/mol. The molecule has 0 spiro atoms. The van der Waals surface area contributed by atoms with Gasteiger partial charge in [-0.3, -0.25) is 0 Å². The number of benzene rings is 3. The maximum absolute atomic E-state index is 6.20. The summed E-state index contributed by atoms with van der Waals surface area (Å²) in [7, 11) is 0. The third-order valence-corrected chi connectivity index (χ3v) is 5.68. The van der Waals surface area contributed by atoms with Crippen molar-refractivity contribution in [2.75, 3.05) is 0 Å². The average Bonchev–Trinajstić information content (AvgIpc) is 2.83. The molecule has 2 unspecified atom stereocenters. The fourth-order valence-electron chi connectivity index (χ4n) is 4.12. The molecule has 0 heterocycles. The molecular weight excluding hydrogens is 424 g/mol. The highest BCUT2D eigenvalue weighted by atomic mass is 17.2. The molecule has 0 saturated heterocycles. The maximum atomic E-state index is 6.20. The van der Waals surface area contributed by atoms with Crippen molar-refractivity contribution in [3.8, 4) is 0 Å². The van der Waals surface area contributed by atoms with Crippen molar-refractivity contribution in [1.82, 2.24) is 0 Å². The van der Waals surface area contributed by atoms with Crippen LogP contribution in [0.1, 0.15) is 63.8 Å². The van der Waals surface area contributed by atoms with Gasteiger partial charge in [0.05, 0.1) is 12.2 Å². The first-order valence-electron chi connectivity index (χ1n) is 12.1. The van der Waals surface area contributed by atoms with Crippen LogP contribution in [0.15, 0.2) is 84.9 Å². The molecule has 0 radical (unpaired) electrons. The largest absolute Gasteiger partial charge is 0.233 e. The lowest BCUT2D eigenvalue weighted by Gasteiger charge is -2.37. The highest BCUT2D eigenvalue weighted by Crippen LogP contribution is 2.40. The van der Waals surface area contributed by atoms with Crippen LogP contribution >= 0.6 is 0 Å². The molecule has 3 aromatic carbocycles. The van der Waals surface area contributed by atoms with Crippen molar-refractivity contribution < 1.29 is 19.6 Å². The third kappa shape index (κ3) is 7.00. The van der Waals surface area contributed by atoms with Crippen LogP contribution in [0.3, 0.4) is 0 Å². The Labute approximate surface area is 204 Å². The first-order chi connectivity index (χ1) is 16.2. The number of hydrogen-bond acceptors (Lipinski definition) is 4. The van der Waals surface area contributed by atoms with Gasteiger partial charge < -0.3 is 0 Å². The van der Waals surface area contributed by atoms with Gasteiger partial charge >= 0.3 is 0 Å². The van der Waals surface area contributed by atoms with Gasteiger partial charge in [-0.25, -0.2) is 19.6 Å². The Hall–Kier alpha value is -2.50. The maximum Gasteiger partial charge on any atom is 0.130 e. The fourth-order valence-corrected chi connectivity index (χ4v) is 4.12. The van der Waals surface area contributed by atoms with Gasteiger partial charge in [-0.2, -0.15) is 0 Å². The molecule has 0 aliphatic carbocycles. The molecular formula is C30H38O4. The SMILES string of the molecule is CC(C)OOC(C)(Cc1ccccc1)c1ccccc1C(C)(Cc1ccccc1)OOC(C)C. The van der Waals surface area contributed by atoms with E-state index in [1.165, 1.54) is 0 Å². The predicted molar refractivity (Wildman–Crippen MR) is 136 cm³/mol. The van der Waals surface area contributed by atoms with Crippen LogP contribution in [0.5, 0.6) is 0 Å². The van der Waals surface area contributed by atoms with E-state index in [9.17, 15) is 0 Å². The Morgan fingerprint density at radius 2 is 0.853 bits per heavy atom. The summed E-state index contributed by atoms with van der Waals surface area (Å²) in [6, 6.07) is 28.9. The molecule has 0 aromatic heterocycles. The zero-order valence-corrected chi connectivity index (χ0v) is 21.3. The van der Waals surface area contributed by atoms with Crippen molar-refractivity contribution in [3.05, 3.63) is 107 Å². The minimum Gasteiger partial charge on any atom is -0.233 e. The Bertz CT molecular complexity index is 920. The molecule has 4 heteroatoms. The predicted octanol–water partition coefficient (Wildman–Crippen LogP) is 7.32. The summed E-state index contributed by atoms with van der Waals surface area (Å²) < 4.78 is 0. The van der Waals surface area contributed by atoms with Crippen molar-refractivity contribution >= 4 is 0 Å². The smallest absolute Gasteiger partial charge is 0.130 e. The Morgan fingerprint density at radius 3 is 1.18 bits per heavy atom. The molecule has 0 aliphatic heterocycles. The topological polar surface area (TPSA) is 36.9 Å². The lowest BCUT2D eigenvalue weighted by Crippen LogP contribution is -2.37. The Morgan fingerprint density at radius 1 is 0.529 bits per heavy atom. The van der Waals surface area contributed by atoms with Crippen LogP contribution in [-0.2, 0) is 43.6 Å². The van der Waals surface area contributed by atoms with Gasteiger partial charge in [-0.05, 0) is 63.8 Å². The van der Waals surface area contributed by atoms with E-state index in [2.05, 4.69) is 50.2 Å². The van der Waals surface area contributed by atoms with Crippen molar-refractivity contribution in [3.63, 3.8) is 0 Å². The molecule has 182 valence electrons. The normalized spacial score (nSPS) is 15.3. The van der Waals surface area contributed by atoms with E-state index in [1.54, 1.807) is 0 Å². The second kappa shape index (κ2) is 11.8. The molecule has 3 rings (SSSR count). The summed E-state index contributed by atoms with van der Waals surface area (Å²) in [5.41, 5.74) is 2.84. The Balaban J connectivity index is 2.09. The lowest BCUT2D eigenvalue weighted by molar-refractivity contribution is -0.387. The van der Waals surface area contributed by atoms with Crippen molar-refractivity contribution in [2.45, 2.75) is 77.8 Å². The molecule has 0 bridgehead atoms. The third-order valence-electron chi connectivity index (χ3n) is 5.68. The van der Waals surface area contributed by atoms with Gasteiger partial charge in [0.25, 0.3) is 0 Å². The molecule has 0 N–H and O–H groups in total. The number of hydrogen-bond donors (Lipinski definition) is 0. The highest BCUT2D eigenvalue weighted by Gasteiger charge is 2.40. The second-order valence-corrected chi connectivity index (χ2v) is 9.79. The molecule has 3 aromatic rings. The molecule has 0 fully saturated rings. The van der Waals surface area contributed by atoms with Crippen LogP contribution in [0, 0.1) is 0 Å². The zero-order valence-electron chi connectivity index (χ0n) is 21.3. The van der Waals surface area contributed by atoms with E-state index < -0.39 is 11.2 Å². The van der Waals surface area contributed by atoms with Crippen LogP contribution in [-0.4, -0.2) is 12.2 Å². The fraction of sp³-hybridized carbons (Fsp3) is 0.400. The summed E-state index contributed by atoms with van der Waals surface area (Å²) in [5.74, 6) is 0. The van der Waals surface area contributed by atoms with Gasteiger partial charge in [0, 0.05) is 12.8 Å². The van der Waals surface area contributed by atoms with Crippen LogP contribution in [0.25, 0.3) is 0 Å². The van der Waals surface area contributed by atoms with E-state index in [1.807, 2.05) is 76.2 Å². The van der Waals surface area contributed by atoms with E-state index in [-0.39, 0.29) is 12.2 Å². The minimum absolute atomic E-state index is 0.0708. The van der Waals surface area contributed by atoms with Gasteiger partial charge in [0.2, 0.25) is 0 Å². The quantitative estimate of drug-likeness (QED) is 0.209.